The number of fused-ring (bicyclic) bond motifs is 2. The van der Waals surface area contributed by atoms with Crippen LogP contribution < -0.4 is 19.3 Å². The first-order valence-corrected chi connectivity index (χ1v) is 15.7. The molecule has 0 spiro atoms. The van der Waals surface area contributed by atoms with Crippen molar-refractivity contribution in [3.63, 3.8) is 0 Å². The lowest BCUT2D eigenvalue weighted by Gasteiger charge is -2.30. The summed E-state index contributed by atoms with van der Waals surface area (Å²) in [7, 11) is 0. The van der Waals surface area contributed by atoms with E-state index in [9.17, 15) is 28.8 Å². The number of esters is 2. The molecule has 0 atom stereocenters. The molecule has 240 valence electrons. The van der Waals surface area contributed by atoms with Gasteiger partial charge in [-0.3, -0.25) is 28.8 Å². The Morgan fingerprint density at radius 3 is 0.940 bits per heavy atom. The first kappa shape index (κ1) is 29.2. The van der Waals surface area contributed by atoms with Crippen LogP contribution >= 0.6 is 0 Å². The van der Waals surface area contributed by atoms with Crippen LogP contribution in [0.25, 0.3) is 43.1 Å². The van der Waals surface area contributed by atoms with Crippen LogP contribution in [0.15, 0.2) is 97.1 Å². The fourth-order valence-electron chi connectivity index (χ4n) is 7.40. The summed E-state index contributed by atoms with van der Waals surface area (Å²) in [6.45, 7) is 2.58. The molecule has 0 unspecified atom stereocenters. The van der Waals surface area contributed by atoms with Crippen molar-refractivity contribution in [2.45, 2.75) is 13.8 Å². The van der Waals surface area contributed by atoms with Crippen molar-refractivity contribution in [1.82, 2.24) is 0 Å². The van der Waals surface area contributed by atoms with Crippen LogP contribution in [0.4, 0.5) is 11.4 Å². The minimum Gasteiger partial charge on any atom is -0.427 e. The van der Waals surface area contributed by atoms with Gasteiger partial charge in [0.25, 0.3) is 23.6 Å². The highest BCUT2D eigenvalue weighted by Crippen LogP contribution is 2.47. The van der Waals surface area contributed by atoms with E-state index in [1.165, 1.54) is 38.1 Å². The summed E-state index contributed by atoms with van der Waals surface area (Å²) in [5.41, 5.74) is 2.11. The third-order valence-electron chi connectivity index (χ3n) is 9.35. The number of rotatable bonds is 4. The minimum atomic E-state index is -0.486. The normalized spacial score (nSPS) is 14.0. The number of nitrogens with zero attached hydrogens (tertiary/aromatic N) is 2. The van der Waals surface area contributed by atoms with Crippen LogP contribution in [-0.2, 0) is 9.59 Å². The Morgan fingerprint density at radius 2 is 0.680 bits per heavy atom. The molecule has 0 radical (unpaired) electrons. The van der Waals surface area contributed by atoms with Crippen LogP contribution in [0.3, 0.4) is 0 Å². The maximum absolute atomic E-state index is 14.0. The zero-order valence-corrected chi connectivity index (χ0v) is 26.4. The number of amides is 4. The highest BCUT2D eigenvalue weighted by molar-refractivity contribution is 6.45. The lowest BCUT2D eigenvalue weighted by molar-refractivity contribution is -0.132. The SMILES string of the molecule is CC(=O)Oc1ccc(N2C(=O)c3ccc4c5ccc6c7c(ccc(c8ccc(c3c48)C2=O)c75)C(=O)N(c2ccc(OC(C)=O)cc2)C6=O)cc1. The zero-order valence-electron chi connectivity index (χ0n) is 26.4. The third kappa shape index (κ3) is 3.96. The highest BCUT2D eigenvalue weighted by atomic mass is 16.5. The van der Waals surface area contributed by atoms with Gasteiger partial charge in [0.2, 0.25) is 0 Å². The Balaban J connectivity index is 1.20. The fourth-order valence-corrected chi connectivity index (χ4v) is 7.40. The van der Waals surface area contributed by atoms with Crippen molar-refractivity contribution < 1.29 is 38.2 Å². The Bertz CT molecular complexity index is 2420. The molecule has 2 aliphatic heterocycles. The molecule has 10 nitrogen and oxygen atoms in total. The van der Waals surface area contributed by atoms with Gasteiger partial charge in [-0.1, -0.05) is 24.3 Å². The molecule has 2 aliphatic rings. The van der Waals surface area contributed by atoms with E-state index >= 15 is 0 Å². The van der Waals surface area contributed by atoms with E-state index in [1.54, 1.807) is 48.5 Å². The molecule has 50 heavy (non-hydrogen) atoms. The summed E-state index contributed by atoms with van der Waals surface area (Å²) in [6, 6.07) is 26.5. The van der Waals surface area contributed by atoms with Gasteiger partial charge in [-0.25, -0.2) is 9.80 Å². The van der Waals surface area contributed by atoms with Crippen LogP contribution in [0.5, 0.6) is 11.5 Å². The van der Waals surface area contributed by atoms with E-state index in [1.807, 2.05) is 24.3 Å². The van der Waals surface area contributed by atoms with E-state index in [4.69, 9.17) is 9.47 Å². The van der Waals surface area contributed by atoms with Gasteiger partial charge in [0, 0.05) is 46.9 Å². The average molecular weight is 659 g/mol. The van der Waals surface area contributed by atoms with Gasteiger partial charge < -0.3 is 9.47 Å². The Morgan fingerprint density at radius 1 is 0.400 bits per heavy atom. The molecular weight excluding hydrogens is 636 g/mol. The van der Waals surface area contributed by atoms with Crippen molar-refractivity contribution in [3.8, 4) is 11.5 Å². The summed E-state index contributed by atoms with van der Waals surface area (Å²) in [4.78, 5) is 80.9. The second-order valence-corrected chi connectivity index (χ2v) is 12.2. The molecule has 7 aromatic rings. The Hall–Kier alpha value is -6.94. The molecule has 0 fully saturated rings. The molecule has 7 aromatic carbocycles. The summed E-state index contributed by atoms with van der Waals surface area (Å²) >= 11 is 0. The number of carbonyl (C=O) groups is 6. The van der Waals surface area contributed by atoms with E-state index in [0.717, 1.165) is 42.1 Å². The molecular formula is C40H22N2O8. The monoisotopic (exact) mass is 658 g/mol. The molecule has 0 aliphatic carbocycles. The third-order valence-corrected chi connectivity index (χ3v) is 9.35. The topological polar surface area (TPSA) is 127 Å². The number of hydrogen-bond acceptors (Lipinski definition) is 8. The van der Waals surface area contributed by atoms with Crippen LogP contribution in [0.2, 0.25) is 0 Å². The number of hydrogen-bond donors (Lipinski definition) is 0. The lowest BCUT2D eigenvalue weighted by atomic mass is 9.82. The molecule has 0 saturated carbocycles. The van der Waals surface area contributed by atoms with E-state index in [2.05, 4.69) is 0 Å². The molecule has 0 aromatic heterocycles. The van der Waals surface area contributed by atoms with Gasteiger partial charge in [0.1, 0.15) is 11.5 Å². The number of imide groups is 2. The second-order valence-electron chi connectivity index (χ2n) is 12.2. The van der Waals surface area contributed by atoms with Gasteiger partial charge in [0.05, 0.1) is 11.4 Å². The van der Waals surface area contributed by atoms with Crippen LogP contribution in [-0.4, -0.2) is 35.6 Å². The van der Waals surface area contributed by atoms with E-state index in [0.29, 0.717) is 55.9 Å². The van der Waals surface area contributed by atoms with Gasteiger partial charge in [-0.05, 0) is 105 Å². The van der Waals surface area contributed by atoms with Gasteiger partial charge in [0.15, 0.2) is 0 Å². The molecule has 0 N–H and O–H groups in total. The number of carbonyl (C=O) groups excluding carboxylic acids is 6. The molecule has 10 heteroatoms. The number of anilines is 2. The largest absolute Gasteiger partial charge is 0.427 e. The van der Waals surface area contributed by atoms with Crippen LogP contribution in [0.1, 0.15) is 55.3 Å². The fraction of sp³-hybridized carbons (Fsp3) is 0.0500. The molecule has 4 amide bonds. The van der Waals surface area contributed by atoms with Crippen molar-refractivity contribution >= 4 is 90.0 Å². The number of benzene rings is 7. The van der Waals surface area contributed by atoms with Crippen molar-refractivity contribution in [1.29, 1.82) is 0 Å². The second kappa shape index (κ2) is 10.3. The number of ether oxygens (including phenoxy) is 2. The molecule has 0 saturated heterocycles. The zero-order chi connectivity index (χ0) is 34.6. The predicted octanol–water partition coefficient (Wildman–Crippen LogP) is 7.19. The quantitative estimate of drug-likeness (QED) is 0.0640. The van der Waals surface area contributed by atoms with E-state index in [-0.39, 0.29) is 0 Å². The first-order valence-electron chi connectivity index (χ1n) is 15.7. The maximum atomic E-state index is 14.0. The van der Waals surface area contributed by atoms with E-state index < -0.39 is 35.6 Å². The average Bonchev–Trinajstić information content (AvgIpc) is 3.10. The summed E-state index contributed by atoms with van der Waals surface area (Å²) < 4.78 is 10.2. The molecule has 9 rings (SSSR count). The molecule has 2 heterocycles. The first-order chi connectivity index (χ1) is 24.1. The summed E-state index contributed by atoms with van der Waals surface area (Å²) in [5.74, 6) is -2.33. The van der Waals surface area contributed by atoms with Gasteiger partial charge in [-0.2, -0.15) is 0 Å². The van der Waals surface area contributed by atoms with Crippen LogP contribution in [0, 0.1) is 0 Å². The Labute approximate surface area is 282 Å². The standard InChI is InChI=1S/C40H22N2O8/c1-19(43)49-23-7-3-21(4-8-23)41-37(45)29-15-11-25-27-13-17-31-36-32(40(48)42(39(31)47)22-5-9-24(10-6-22)50-20(2)44)18-14-28(34(27)36)26-12-16-30(38(41)46)35(29)33(25)26/h3-18H,1-2H3. The summed E-state index contributed by atoms with van der Waals surface area (Å²) in [5, 5.41) is 5.67. The molecule has 0 bridgehead atoms. The van der Waals surface area contributed by atoms with Crippen molar-refractivity contribution in [2.24, 2.45) is 0 Å². The van der Waals surface area contributed by atoms with Gasteiger partial charge in [-0.15, -0.1) is 0 Å². The summed E-state index contributed by atoms with van der Waals surface area (Å²) in [6.07, 6.45) is 0. The lowest BCUT2D eigenvalue weighted by Crippen LogP contribution is -2.40. The van der Waals surface area contributed by atoms with Crippen molar-refractivity contribution in [3.05, 3.63) is 119 Å². The minimum absolute atomic E-state index is 0.293. The smallest absolute Gasteiger partial charge is 0.308 e. The van der Waals surface area contributed by atoms with Crippen molar-refractivity contribution in [2.75, 3.05) is 9.80 Å². The maximum Gasteiger partial charge on any atom is 0.308 e. The predicted molar refractivity (Wildman–Crippen MR) is 185 cm³/mol. The van der Waals surface area contributed by atoms with Gasteiger partial charge >= 0.3 is 11.9 Å². The highest BCUT2D eigenvalue weighted by Gasteiger charge is 2.38. The Kier molecular flexibility index (Phi) is 6.01.